The minimum Gasteiger partial charge on any atom is -0.503 e. The van der Waals surface area contributed by atoms with Crippen molar-refractivity contribution in [1.82, 2.24) is 10.6 Å². The summed E-state index contributed by atoms with van der Waals surface area (Å²) in [5.41, 5.74) is 0.886. The van der Waals surface area contributed by atoms with Gasteiger partial charge in [0.1, 0.15) is 0 Å². The van der Waals surface area contributed by atoms with E-state index in [1.54, 1.807) is 12.1 Å². The largest absolute Gasteiger partial charge is 0.503 e. The highest BCUT2D eigenvalue weighted by Crippen LogP contribution is 2.37. The van der Waals surface area contributed by atoms with Crippen LogP contribution in [0, 0.1) is 0 Å². The maximum atomic E-state index is 11.1. The van der Waals surface area contributed by atoms with Gasteiger partial charge in [-0.3, -0.25) is 0 Å². The van der Waals surface area contributed by atoms with Gasteiger partial charge in [0, 0.05) is 6.54 Å². The quantitative estimate of drug-likeness (QED) is 0.798. The molecule has 1 aromatic carbocycles. The Labute approximate surface area is 107 Å². The number of amides is 2. The molecule has 0 radical (unpaired) electrons. The molecule has 1 aromatic rings. The zero-order valence-corrected chi connectivity index (χ0v) is 10.9. The molecule has 92 valence electrons. The first-order valence-electron chi connectivity index (χ1n) is 5.31. The van der Waals surface area contributed by atoms with E-state index in [1.165, 1.54) is 0 Å². The molecule has 0 aliphatic carbocycles. The minimum absolute atomic E-state index is 0.0767. The molecule has 5 nitrogen and oxygen atoms in total. The van der Waals surface area contributed by atoms with Crippen LogP contribution in [0.1, 0.15) is 18.5 Å². The Balaban J connectivity index is 2.31. The Morgan fingerprint density at radius 2 is 2.35 bits per heavy atom. The normalized spacial score (nSPS) is 18.7. The third-order valence-electron chi connectivity index (χ3n) is 2.53. The van der Waals surface area contributed by atoms with Crippen molar-refractivity contribution in [3.05, 3.63) is 22.2 Å². The number of benzene rings is 1. The fraction of sp³-hybridized carbons (Fsp3) is 0.364. The summed E-state index contributed by atoms with van der Waals surface area (Å²) >= 11 is 3.27. The molecule has 0 aromatic heterocycles. The van der Waals surface area contributed by atoms with Crippen LogP contribution in [-0.4, -0.2) is 24.3 Å². The average molecular weight is 301 g/mol. The van der Waals surface area contributed by atoms with Crippen molar-refractivity contribution >= 4 is 22.0 Å². The summed E-state index contributed by atoms with van der Waals surface area (Å²) in [6.45, 7) is 2.85. The summed E-state index contributed by atoms with van der Waals surface area (Å²) in [6.07, 6.45) is 0. The topological polar surface area (TPSA) is 70.6 Å². The van der Waals surface area contributed by atoms with Gasteiger partial charge in [0.05, 0.1) is 17.1 Å². The van der Waals surface area contributed by atoms with E-state index in [2.05, 4.69) is 26.6 Å². The first-order chi connectivity index (χ1) is 8.11. The standard InChI is InChI=1S/C11H13BrN2O3/c1-2-17-9-4-6(3-7(12)10(9)15)8-5-13-11(16)14-8/h3-4,8,15H,2,5H2,1H3,(H2,13,14,16)/t8-/m1/s1. The van der Waals surface area contributed by atoms with Crippen LogP contribution in [0.3, 0.4) is 0 Å². The molecule has 1 aliphatic rings. The smallest absolute Gasteiger partial charge is 0.315 e. The molecule has 1 atom stereocenters. The second kappa shape index (κ2) is 4.83. The highest BCUT2D eigenvalue weighted by Gasteiger charge is 2.23. The van der Waals surface area contributed by atoms with Crippen molar-refractivity contribution in [3.63, 3.8) is 0 Å². The van der Waals surface area contributed by atoms with Crippen LogP contribution in [0.5, 0.6) is 11.5 Å². The van der Waals surface area contributed by atoms with Crippen molar-refractivity contribution in [1.29, 1.82) is 0 Å². The molecular formula is C11H13BrN2O3. The molecule has 1 aliphatic heterocycles. The monoisotopic (exact) mass is 300 g/mol. The molecule has 0 bridgehead atoms. The Morgan fingerprint density at radius 3 is 2.94 bits per heavy atom. The number of hydrogen-bond donors (Lipinski definition) is 3. The van der Waals surface area contributed by atoms with Gasteiger partial charge in [-0.25, -0.2) is 4.79 Å². The molecule has 3 N–H and O–H groups in total. The number of carbonyl (C=O) groups excluding carboxylic acids is 1. The maximum Gasteiger partial charge on any atom is 0.315 e. The summed E-state index contributed by atoms with van der Waals surface area (Å²) in [5, 5.41) is 15.2. The lowest BCUT2D eigenvalue weighted by atomic mass is 10.1. The first-order valence-corrected chi connectivity index (χ1v) is 6.10. The highest BCUT2D eigenvalue weighted by molar-refractivity contribution is 9.10. The first kappa shape index (κ1) is 12.0. The van der Waals surface area contributed by atoms with Crippen molar-refractivity contribution in [2.45, 2.75) is 13.0 Å². The molecule has 6 heteroatoms. The molecule has 0 unspecified atom stereocenters. The molecule has 1 saturated heterocycles. The van der Waals surface area contributed by atoms with Gasteiger partial charge < -0.3 is 20.5 Å². The Morgan fingerprint density at radius 1 is 1.59 bits per heavy atom. The molecule has 0 saturated carbocycles. The van der Waals surface area contributed by atoms with Gasteiger partial charge in [0.25, 0.3) is 0 Å². The van der Waals surface area contributed by atoms with Crippen LogP contribution >= 0.6 is 15.9 Å². The third kappa shape index (κ3) is 2.46. The van der Waals surface area contributed by atoms with Crippen LogP contribution in [0.4, 0.5) is 4.79 Å². The molecule has 2 amide bonds. The van der Waals surface area contributed by atoms with E-state index in [-0.39, 0.29) is 17.8 Å². The number of carbonyl (C=O) groups is 1. The second-order valence-electron chi connectivity index (χ2n) is 3.69. The molecule has 1 fully saturated rings. The number of hydrogen-bond acceptors (Lipinski definition) is 3. The zero-order valence-electron chi connectivity index (χ0n) is 9.29. The van der Waals surface area contributed by atoms with E-state index >= 15 is 0 Å². The number of aromatic hydroxyl groups is 1. The second-order valence-corrected chi connectivity index (χ2v) is 4.54. The number of ether oxygens (including phenoxy) is 1. The van der Waals surface area contributed by atoms with Crippen LogP contribution < -0.4 is 15.4 Å². The van der Waals surface area contributed by atoms with Gasteiger partial charge in [-0.05, 0) is 40.5 Å². The van der Waals surface area contributed by atoms with Crippen LogP contribution in [0.15, 0.2) is 16.6 Å². The Bertz CT molecular complexity index is 451. The molecule has 17 heavy (non-hydrogen) atoms. The minimum atomic E-state index is -0.183. The number of phenols is 1. The SMILES string of the molecule is CCOc1cc([C@H]2CNC(=O)N2)cc(Br)c1O. The van der Waals surface area contributed by atoms with Gasteiger partial charge >= 0.3 is 6.03 Å². The van der Waals surface area contributed by atoms with Gasteiger partial charge in [-0.2, -0.15) is 0 Å². The van der Waals surface area contributed by atoms with E-state index in [4.69, 9.17) is 4.74 Å². The van der Waals surface area contributed by atoms with Gasteiger partial charge in [0.15, 0.2) is 11.5 Å². The number of halogens is 1. The van der Waals surface area contributed by atoms with E-state index < -0.39 is 0 Å². The van der Waals surface area contributed by atoms with Crippen molar-refractivity contribution in [2.24, 2.45) is 0 Å². The lowest BCUT2D eigenvalue weighted by molar-refractivity contribution is 0.247. The lowest BCUT2D eigenvalue weighted by Gasteiger charge is -2.14. The zero-order chi connectivity index (χ0) is 12.4. The summed E-state index contributed by atoms with van der Waals surface area (Å²) in [7, 11) is 0. The average Bonchev–Trinajstić information content (AvgIpc) is 2.71. The summed E-state index contributed by atoms with van der Waals surface area (Å²) in [4.78, 5) is 11.1. The summed E-state index contributed by atoms with van der Waals surface area (Å²) in [5.74, 6) is 0.492. The molecule has 0 spiro atoms. The number of urea groups is 1. The molecule has 2 rings (SSSR count). The van der Waals surface area contributed by atoms with Crippen molar-refractivity contribution in [3.8, 4) is 11.5 Å². The number of rotatable bonds is 3. The Hall–Kier alpha value is -1.43. The summed E-state index contributed by atoms with van der Waals surface area (Å²) < 4.78 is 5.89. The fourth-order valence-corrected chi connectivity index (χ4v) is 2.18. The molecule has 1 heterocycles. The molecular weight excluding hydrogens is 288 g/mol. The number of nitrogens with one attached hydrogen (secondary N) is 2. The van der Waals surface area contributed by atoms with E-state index in [1.807, 2.05) is 6.92 Å². The van der Waals surface area contributed by atoms with E-state index in [0.717, 1.165) is 5.56 Å². The van der Waals surface area contributed by atoms with Crippen LogP contribution in [-0.2, 0) is 0 Å². The van der Waals surface area contributed by atoms with E-state index in [0.29, 0.717) is 23.4 Å². The maximum absolute atomic E-state index is 11.1. The number of phenolic OH excluding ortho intramolecular Hbond substituents is 1. The van der Waals surface area contributed by atoms with Gasteiger partial charge in [0.2, 0.25) is 0 Å². The van der Waals surface area contributed by atoms with Gasteiger partial charge in [-0.1, -0.05) is 0 Å². The van der Waals surface area contributed by atoms with Gasteiger partial charge in [-0.15, -0.1) is 0 Å². The van der Waals surface area contributed by atoms with Crippen LogP contribution in [0.2, 0.25) is 0 Å². The predicted octanol–water partition coefficient (Wildman–Crippen LogP) is 1.91. The summed E-state index contributed by atoms with van der Waals surface area (Å²) in [6, 6.07) is 3.23. The fourth-order valence-electron chi connectivity index (χ4n) is 1.72. The van der Waals surface area contributed by atoms with Crippen LogP contribution in [0.25, 0.3) is 0 Å². The van der Waals surface area contributed by atoms with Crippen molar-refractivity contribution < 1.29 is 14.6 Å². The van der Waals surface area contributed by atoms with Crippen molar-refractivity contribution in [2.75, 3.05) is 13.2 Å². The van der Waals surface area contributed by atoms with E-state index in [9.17, 15) is 9.90 Å². The Kier molecular flexibility index (Phi) is 3.42. The lowest BCUT2D eigenvalue weighted by Crippen LogP contribution is -2.21. The third-order valence-corrected chi connectivity index (χ3v) is 3.13. The predicted molar refractivity (Wildman–Crippen MR) is 66.3 cm³/mol. The highest BCUT2D eigenvalue weighted by atomic mass is 79.9.